The topological polar surface area (TPSA) is 92.9 Å². The van der Waals surface area contributed by atoms with E-state index in [9.17, 15) is 4.79 Å². The molecule has 0 spiro atoms. The number of hydrazine groups is 1. The molecule has 2 aromatic rings. The van der Waals surface area contributed by atoms with Crippen molar-refractivity contribution in [1.82, 2.24) is 15.3 Å². The monoisotopic (exact) mass is 263 g/mol. The van der Waals surface area contributed by atoms with Crippen molar-refractivity contribution >= 4 is 22.9 Å². The number of nitrogen functional groups attached to an aromatic ring is 1. The first kappa shape index (κ1) is 12.5. The lowest BCUT2D eigenvalue weighted by molar-refractivity contribution is 0.0949. The minimum absolute atomic E-state index is 0.200. The van der Waals surface area contributed by atoms with Crippen molar-refractivity contribution in [3.05, 3.63) is 40.6 Å². The molecule has 0 saturated carbocycles. The SMILES string of the molecule is NNc1ccc(C(=O)NCCc2cscn2)nc1. The molecule has 2 heterocycles. The number of hydrogen-bond acceptors (Lipinski definition) is 6. The summed E-state index contributed by atoms with van der Waals surface area (Å²) in [5.74, 6) is 5.01. The van der Waals surface area contributed by atoms with Gasteiger partial charge in [-0.25, -0.2) is 9.97 Å². The third-order valence-electron chi connectivity index (χ3n) is 2.31. The number of pyridine rings is 1. The van der Waals surface area contributed by atoms with Crippen LogP contribution in [0.1, 0.15) is 16.2 Å². The van der Waals surface area contributed by atoms with Gasteiger partial charge in [0.15, 0.2) is 0 Å². The van der Waals surface area contributed by atoms with Gasteiger partial charge in [0, 0.05) is 18.3 Å². The molecular formula is C11H13N5OS. The summed E-state index contributed by atoms with van der Waals surface area (Å²) in [5, 5.41) is 4.75. The first-order chi connectivity index (χ1) is 8.79. The number of nitrogens with one attached hydrogen (secondary N) is 2. The van der Waals surface area contributed by atoms with Crippen LogP contribution in [0.4, 0.5) is 5.69 Å². The summed E-state index contributed by atoms with van der Waals surface area (Å²) in [6, 6.07) is 3.32. The number of rotatable bonds is 5. The van der Waals surface area contributed by atoms with Gasteiger partial charge in [0.1, 0.15) is 5.69 Å². The quantitative estimate of drug-likeness (QED) is 0.548. The van der Waals surface area contributed by atoms with E-state index >= 15 is 0 Å². The fraction of sp³-hybridized carbons (Fsp3) is 0.182. The molecule has 4 N–H and O–H groups in total. The highest BCUT2D eigenvalue weighted by Gasteiger charge is 2.06. The molecular weight excluding hydrogens is 250 g/mol. The van der Waals surface area contributed by atoms with Gasteiger partial charge in [0.2, 0.25) is 0 Å². The molecule has 0 bridgehead atoms. The molecule has 6 nitrogen and oxygen atoms in total. The van der Waals surface area contributed by atoms with E-state index in [1.54, 1.807) is 29.0 Å². The molecule has 0 saturated heterocycles. The van der Waals surface area contributed by atoms with Crippen molar-refractivity contribution in [1.29, 1.82) is 0 Å². The van der Waals surface area contributed by atoms with Gasteiger partial charge in [0.05, 0.1) is 23.1 Å². The Morgan fingerprint density at radius 3 is 2.89 bits per heavy atom. The van der Waals surface area contributed by atoms with Gasteiger partial charge in [-0.1, -0.05) is 0 Å². The van der Waals surface area contributed by atoms with Crippen molar-refractivity contribution in [2.75, 3.05) is 12.0 Å². The lowest BCUT2D eigenvalue weighted by Gasteiger charge is -2.04. The highest BCUT2D eigenvalue weighted by atomic mass is 32.1. The van der Waals surface area contributed by atoms with Crippen LogP contribution in [0.5, 0.6) is 0 Å². The van der Waals surface area contributed by atoms with Gasteiger partial charge in [-0.05, 0) is 12.1 Å². The second-order valence-corrected chi connectivity index (χ2v) is 4.28. The molecule has 1 amide bonds. The van der Waals surface area contributed by atoms with E-state index in [0.29, 0.717) is 17.9 Å². The second-order valence-electron chi connectivity index (χ2n) is 3.56. The zero-order valence-corrected chi connectivity index (χ0v) is 10.4. The van der Waals surface area contributed by atoms with Gasteiger partial charge >= 0.3 is 0 Å². The second kappa shape index (κ2) is 6.08. The number of nitrogens with two attached hydrogens (primary N) is 1. The van der Waals surface area contributed by atoms with Crippen molar-refractivity contribution < 1.29 is 4.79 Å². The summed E-state index contributed by atoms with van der Waals surface area (Å²) in [7, 11) is 0. The maximum absolute atomic E-state index is 11.7. The standard InChI is InChI=1S/C11H13N5OS/c12-16-8-1-2-10(14-5-8)11(17)13-4-3-9-6-18-7-15-9/h1-2,5-7,16H,3-4,12H2,(H,13,17). The molecule has 18 heavy (non-hydrogen) atoms. The number of amides is 1. The van der Waals surface area contributed by atoms with Gasteiger partial charge in [-0.3, -0.25) is 10.6 Å². The Balaban J connectivity index is 1.83. The number of nitrogens with zero attached hydrogens (tertiary/aromatic N) is 2. The molecule has 2 rings (SSSR count). The minimum atomic E-state index is -0.200. The van der Waals surface area contributed by atoms with Gasteiger partial charge in [-0.2, -0.15) is 0 Å². The van der Waals surface area contributed by atoms with Crippen LogP contribution in [0.25, 0.3) is 0 Å². The molecule has 0 aliphatic heterocycles. The average Bonchev–Trinajstić information content (AvgIpc) is 2.92. The van der Waals surface area contributed by atoms with E-state index in [0.717, 1.165) is 12.1 Å². The molecule has 0 aliphatic carbocycles. The summed E-state index contributed by atoms with van der Waals surface area (Å²) < 4.78 is 0. The summed E-state index contributed by atoms with van der Waals surface area (Å²) in [6.07, 6.45) is 2.23. The van der Waals surface area contributed by atoms with Crippen LogP contribution in [-0.2, 0) is 6.42 Å². The molecule has 0 fully saturated rings. The van der Waals surface area contributed by atoms with E-state index in [1.807, 2.05) is 5.38 Å². The summed E-state index contributed by atoms with van der Waals surface area (Å²) >= 11 is 1.54. The molecule has 0 atom stereocenters. The van der Waals surface area contributed by atoms with Gasteiger partial charge in [-0.15, -0.1) is 11.3 Å². The number of carbonyl (C=O) groups excluding carboxylic acids is 1. The zero-order chi connectivity index (χ0) is 12.8. The van der Waals surface area contributed by atoms with E-state index in [4.69, 9.17) is 5.84 Å². The molecule has 2 aromatic heterocycles. The number of anilines is 1. The predicted octanol–water partition coefficient (Wildman–Crippen LogP) is 0.796. The Hall–Kier alpha value is -1.99. The molecule has 0 aromatic carbocycles. The van der Waals surface area contributed by atoms with Crippen LogP contribution in [0.15, 0.2) is 29.2 Å². The lowest BCUT2D eigenvalue weighted by atomic mass is 10.3. The lowest BCUT2D eigenvalue weighted by Crippen LogP contribution is -2.26. The highest BCUT2D eigenvalue weighted by Crippen LogP contribution is 2.04. The highest BCUT2D eigenvalue weighted by molar-refractivity contribution is 7.07. The number of aromatic nitrogens is 2. The Morgan fingerprint density at radius 1 is 1.39 bits per heavy atom. The van der Waals surface area contributed by atoms with Gasteiger partial charge in [0.25, 0.3) is 5.91 Å². The third kappa shape index (κ3) is 3.25. The van der Waals surface area contributed by atoms with Crippen LogP contribution in [0.3, 0.4) is 0 Å². The average molecular weight is 263 g/mol. The normalized spacial score (nSPS) is 10.1. The fourth-order valence-electron chi connectivity index (χ4n) is 1.37. The van der Waals surface area contributed by atoms with E-state index < -0.39 is 0 Å². The van der Waals surface area contributed by atoms with Crippen LogP contribution < -0.4 is 16.6 Å². The number of thiazole rings is 1. The van der Waals surface area contributed by atoms with Gasteiger partial charge < -0.3 is 10.7 Å². The molecule has 94 valence electrons. The number of hydrogen-bond donors (Lipinski definition) is 3. The first-order valence-electron chi connectivity index (χ1n) is 5.37. The summed E-state index contributed by atoms with van der Waals surface area (Å²) in [6.45, 7) is 0.543. The van der Waals surface area contributed by atoms with Crippen molar-refractivity contribution in [3.63, 3.8) is 0 Å². The zero-order valence-electron chi connectivity index (χ0n) is 9.59. The summed E-state index contributed by atoms with van der Waals surface area (Å²) in [5.41, 5.74) is 6.24. The predicted molar refractivity (Wildman–Crippen MR) is 70.2 cm³/mol. The van der Waals surface area contributed by atoms with Crippen molar-refractivity contribution in [2.24, 2.45) is 5.84 Å². The molecule has 0 radical (unpaired) electrons. The minimum Gasteiger partial charge on any atom is -0.350 e. The fourth-order valence-corrected chi connectivity index (χ4v) is 1.96. The molecule has 0 aliphatic rings. The Morgan fingerprint density at radius 2 is 2.28 bits per heavy atom. The van der Waals surface area contributed by atoms with E-state index in [2.05, 4.69) is 20.7 Å². The van der Waals surface area contributed by atoms with Crippen LogP contribution in [-0.4, -0.2) is 22.4 Å². The third-order valence-corrected chi connectivity index (χ3v) is 2.95. The number of carbonyl (C=O) groups is 1. The molecule has 0 unspecified atom stereocenters. The smallest absolute Gasteiger partial charge is 0.269 e. The molecule has 7 heteroatoms. The van der Waals surface area contributed by atoms with E-state index in [1.165, 1.54) is 6.20 Å². The largest absolute Gasteiger partial charge is 0.350 e. The summed E-state index contributed by atoms with van der Waals surface area (Å²) in [4.78, 5) is 19.9. The maximum atomic E-state index is 11.7. The Kier molecular flexibility index (Phi) is 4.21. The maximum Gasteiger partial charge on any atom is 0.269 e. The van der Waals surface area contributed by atoms with E-state index in [-0.39, 0.29) is 5.91 Å². The van der Waals surface area contributed by atoms with Crippen molar-refractivity contribution in [3.8, 4) is 0 Å². The van der Waals surface area contributed by atoms with Crippen LogP contribution in [0.2, 0.25) is 0 Å². The van der Waals surface area contributed by atoms with Crippen LogP contribution in [0, 0.1) is 0 Å². The van der Waals surface area contributed by atoms with Crippen LogP contribution >= 0.6 is 11.3 Å². The first-order valence-corrected chi connectivity index (χ1v) is 6.32. The Bertz CT molecular complexity index is 497. The Labute approximate surface area is 108 Å². The van der Waals surface area contributed by atoms with Crippen molar-refractivity contribution in [2.45, 2.75) is 6.42 Å².